The van der Waals surface area contributed by atoms with E-state index in [1.54, 1.807) is 20.5 Å². The smallest absolute Gasteiger partial charge is 0.244 e. The highest BCUT2D eigenvalue weighted by atomic mass is 32.5. The fraction of sp³-hybridized carbons (Fsp3) is 1.00. The van der Waals surface area contributed by atoms with Gasteiger partial charge in [-0.05, 0) is 20.5 Å². The Balaban J connectivity index is 5.57. The molecule has 0 aliphatic rings. The molecule has 0 heterocycles. The zero-order chi connectivity index (χ0) is 13.0. The molecule has 0 aliphatic heterocycles. The summed E-state index contributed by atoms with van der Waals surface area (Å²) in [6.45, 7) is 8.86. The van der Waals surface area contributed by atoms with E-state index in [0.29, 0.717) is 13.2 Å². The zero-order valence-corrected chi connectivity index (χ0v) is 13.5. The molecule has 16 heavy (non-hydrogen) atoms. The van der Waals surface area contributed by atoms with Gasteiger partial charge in [0.15, 0.2) is 0 Å². The Bertz CT molecular complexity index is 349. The normalized spacial score (nSPS) is 22.9. The summed E-state index contributed by atoms with van der Waals surface area (Å²) in [5, 5.41) is 0. The first-order valence-corrected chi connectivity index (χ1v) is 12.9. The second-order valence-electron chi connectivity index (χ2n) is 3.51. The number of nitrogens with zero attached hydrogens (tertiary/aromatic N) is 1. The minimum atomic E-state index is -3.01. The van der Waals surface area contributed by atoms with Gasteiger partial charge in [-0.2, -0.15) is 0 Å². The summed E-state index contributed by atoms with van der Waals surface area (Å²) in [5.74, 6) is 0. The van der Waals surface area contributed by atoms with Gasteiger partial charge in [-0.25, -0.2) is 0 Å². The molecular formula is C8H22NO4P3. The molecule has 8 heteroatoms. The third-order valence-electron chi connectivity index (χ3n) is 2.49. The van der Waals surface area contributed by atoms with E-state index in [1.807, 2.05) is 0 Å². The molecule has 0 saturated heterocycles. The quantitative estimate of drug-likeness (QED) is 0.688. The lowest BCUT2D eigenvalue weighted by atomic mass is 10.9. The van der Waals surface area contributed by atoms with Crippen LogP contribution in [0.4, 0.5) is 0 Å². The lowest BCUT2D eigenvalue weighted by Gasteiger charge is -2.30. The van der Waals surface area contributed by atoms with Crippen molar-refractivity contribution in [1.29, 1.82) is 0 Å². The van der Waals surface area contributed by atoms with E-state index in [2.05, 4.69) is 4.74 Å². The lowest BCUT2D eigenvalue weighted by molar-refractivity contribution is 0.344. The molecule has 0 amide bonds. The average Bonchev–Trinajstić information content (AvgIpc) is 2.15. The Kier molecular flexibility index (Phi) is 6.21. The first-order chi connectivity index (χ1) is 7.18. The number of hydrogen-bond donors (Lipinski definition) is 0. The molecule has 0 aromatic carbocycles. The van der Waals surface area contributed by atoms with E-state index in [9.17, 15) is 9.13 Å². The molecule has 2 atom stereocenters. The van der Waals surface area contributed by atoms with Gasteiger partial charge in [0.25, 0.3) is 0 Å². The molecule has 0 radical (unpaired) electrons. The van der Waals surface area contributed by atoms with Gasteiger partial charge < -0.3 is 9.05 Å². The van der Waals surface area contributed by atoms with E-state index in [0.717, 1.165) is 0 Å². The minimum Gasteiger partial charge on any atom is -0.325 e. The monoisotopic (exact) mass is 289 g/mol. The lowest BCUT2D eigenvalue weighted by Crippen LogP contribution is -1.95. The molecule has 0 aromatic rings. The van der Waals surface area contributed by atoms with Gasteiger partial charge in [0.1, 0.15) is 6.43 Å². The van der Waals surface area contributed by atoms with E-state index in [-0.39, 0.29) is 0 Å². The average molecular weight is 289 g/mol. The van der Waals surface area contributed by atoms with Crippen LogP contribution in [0.1, 0.15) is 13.8 Å². The predicted molar refractivity (Wildman–Crippen MR) is 71.5 cm³/mol. The molecule has 98 valence electrons. The topological polar surface area (TPSA) is 65.0 Å². The van der Waals surface area contributed by atoms with Crippen molar-refractivity contribution in [2.45, 2.75) is 13.8 Å². The largest absolute Gasteiger partial charge is 0.325 e. The van der Waals surface area contributed by atoms with E-state index in [4.69, 9.17) is 9.05 Å². The molecule has 0 aliphatic carbocycles. The van der Waals surface area contributed by atoms with Crippen LogP contribution in [0.25, 0.3) is 0 Å². The predicted octanol–water partition coefficient (Wildman–Crippen LogP) is 4.17. The van der Waals surface area contributed by atoms with Crippen LogP contribution in [0, 0.1) is 0 Å². The van der Waals surface area contributed by atoms with Crippen molar-refractivity contribution in [2.24, 2.45) is 4.74 Å². The summed E-state index contributed by atoms with van der Waals surface area (Å²) >= 11 is 0. The van der Waals surface area contributed by atoms with Crippen molar-refractivity contribution in [3.05, 3.63) is 0 Å². The summed E-state index contributed by atoms with van der Waals surface area (Å²) in [6, 6.07) is 0. The molecular weight excluding hydrogens is 267 g/mol. The molecule has 5 nitrogen and oxygen atoms in total. The summed E-state index contributed by atoms with van der Waals surface area (Å²) in [7, 11) is -4.48. The molecule has 0 spiro atoms. The van der Waals surface area contributed by atoms with E-state index < -0.39 is 20.5 Å². The van der Waals surface area contributed by atoms with Crippen LogP contribution in [0.15, 0.2) is 4.74 Å². The summed E-state index contributed by atoms with van der Waals surface area (Å²) < 4.78 is 39.6. The van der Waals surface area contributed by atoms with E-state index >= 15 is 0 Å². The molecule has 0 fully saturated rings. The maximum absolute atomic E-state index is 12.5. The van der Waals surface area contributed by atoms with Gasteiger partial charge in [-0.3, -0.25) is 13.9 Å². The maximum atomic E-state index is 12.5. The Labute approximate surface area is 98.1 Å². The molecule has 0 saturated carbocycles. The van der Waals surface area contributed by atoms with Crippen LogP contribution >= 0.6 is 20.5 Å². The molecule has 2 unspecified atom stereocenters. The highest BCUT2D eigenvalue weighted by molar-refractivity contribution is 8.65. The molecule has 0 N–H and O–H groups in total. The van der Waals surface area contributed by atoms with Crippen LogP contribution in [0.5, 0.6) is 0 Å². The Hall–Kier alpha value is 0.610. The molecule has 0 bridgehead atoms. The Morgan fingerprint density at radius 3 is 1.44 bits per heavy atom. The maximum Gasteiger partial charge on any atom is 0.244 e. The minimum absolute atomic E-state index is 0.324. The van der Waals surface area contributed by atoms with Crippen molar-refractivity contribution in [1.82, 2.24) is 0 Å². The Morgan fingerprint density at radius 2 is 1.25 bits per heavy atom. The SMILES string of the molecule is CCOP(C)(=O)P(C)(=NC)P(C)(=O)OCC. The summed E-state index contributed by atoms with van der Waals surface area (Å²) in [4.78, 5) is 0. The first kappa shape index (κ1) is 16.6. The van der Waals surface area contributed by atoms with Crippen molar-refractivity contribution in [2.75, 3.05) is 40.3 Å². The van der Waals surface area contributed by atoms with Crippen molar-refractivity contribution in [3.8, 4) is 0 Å². The van der Waals surface area contributed by atoms with Crippen molar-refractivity contribution >= 4 is 20.5 Å². The van der Waals surface area contributed by atoms with Gasteiger partial charge in [0.05, 0.1) is 13.2 Å². The van der Waals surface area contributed by atoms with E-state index in [1.165, 1.54) is 20.4 Å². The fourth-order valence-electron chi connectivity index (χ4n) is 1.32. The first-order valence-electron chi connectivity index (χ1n) is 5.11. The summed E-state index contributed by atoms with van der Waals surface area (Å²) in [6.07, 6.45) is -2.60. The van der Waals surface area contributed by atoms with Gasteiger partial charge >= 0.3 is 0 Å². The number of rotatable bonds is 6. The Morgan fingerprint density at radius 1 is 0.938 bits per heavy atom. The molecule has 0 aromatic heterocycles. The third-order valence-corrected chi connectivity index (χ3v) is 23.4. The number of hydrogen-bond acceptors (Lipinski definition) is 5. The third kappa shape index (κ3) is 3.09. The van der Waals surface area contributed by atoms with Crippen molar-refractivity contribution < 1.29 is 18.2 Å². The van der Waals surface area contributed by atoms with Gasteiger partial charge in [0, 0.05) is 20.4 Å². The van der Waals surface area contributed by atoms with Crippen LogP contribution < -0.4 is 0 Å². The van der Waals surface area contributed by atoms with Crippen LogP contribution in [0.3, 0.4) is 0 Å². The second-order valence-corrected chi connectivity index (χ2v) is 19.4. The standard InChI is InChI=1S/C8H22NO4P3/c1-7-12-15(5,10)14(4,9-3)16(6,11)13-8-2/h7-8H2,1-6H3. The van der Waals surface area contributed by atoms with Crippen LogP contribution in [-0.2, 0) is 18.2 Å². The highest BCUT2D eigenvalue weighted by Crippen LogP contribution is 2.97. The highest BCUT2D eigenvalue weighted by Gasteiger charge is 2.46. The van der Waals surface area contributed by atoms with Gasteiger partial charge in [-0.15, -0.1) is 0 Å². The van der Waals surface area contributed by atoms with Crippen molar-refractivity contribution in [3.63, 3.8) is 0 Å². The second kappa shape index (κ2) is 5.98. The van der Waals surface area contributed by atoms with Gasteiger partial charge in [-0.1, -0.05) is 0 Å². The van der Waals surface area contributed by atoms with Crippen LogP contribution in [0.2, 0.25) is 0 Å². The summed E-state index contributed by atoms with van der Waals surface area (Å²) in [5.41, 5.74) is 0. The molecule has 0 rings (SSSR count). The zero-order valence-electron chi connectivity index (χ0n) is 10.8. The van der Waals surface area contributed by atoms with Crippen LogP contribution in [-0.4, -0.2) is 40.3 Å². The fourth-order valence-corrected chi connectivity index (χ4v) is 15.9. The van der Waals surface area contributed by atoms with Gasteiger partial charge in [0.2, 0.25) is 14.1 Å².